The van der Waals surface area contributed by atoms with Gasteiger partial charge in [-0.2, -0.15) is 0 Å². The maximum atomic E-state index is 10.8. The lowest BCUT2D eigenvalue weighted by atomic mass is 10.1. The summed E-state index contributed by atoms with van der Waals surface area (Å²) in [6.45, 7) is 5.07. The molecular weight excluding hydrogens is 240 g/mol. The van der Waals surface area contributed by atoms with Crippen molar-refractivity contribution in [2.45, 2.75) is 51.9 Å². The molecule has 0 spiro atoms. The third-order valence-corrected chi connectivity index (χ3v) is 3.30. The molecule has 0 aliphatic heterocycles. The van der Waals surface area contributed by atoms with Gasteiger partial charge in [0.2, 0.25) is 0 Å². The van der Waals surface area contributed by atoms with E-state index >= 15 is 0 Å². The van der Waals surface area contributed by atoms with E-state index in [0.29, 0.717) is 0 Å². The molecule has 4 heteroatoms. The standard InChI is InChI=1S/C15H32N2O2/c1-4-5-6-7-8-9-10-11-17(14-15(18)19)13-12-16(2)3/h4-14H2,1-3H3,(H,18,19). The van der Waals surface area contributed by atoms with Crippen molar-refractivity contribution in [3.8, 4) is 0 Å². The van der Waals surface area contributed by atoms with Gasteiger partial charge in [0.15, 0.2) is 0 Å². The normalized spacial score (nSPS) is 11.4. The topological polar surface area (TPSA) is 43.8 Å². The molecule has 0 aliphatic rings. The maximum Gasteiger partial charge on any atom is 0.317 e. The number of hydrogen-bond donors (Lipinski definition) is 1. The molecule has 19 heavy (non-hydrogen) atoms. The monoisotopic (exact) mass is 272 g/mol. The molecule has 0 amide bonds. The first-order valence-corrected chi connectivity index (χ1v) is 7.65. The zero-order valence-electron chi connectivity index (χ0n) is 13.0. The fourth-order valence-corrected chi connectivity index (χ4v) is 2.10. The molecule has 0 aromatic carbocycles. The first-order chi connectivity index (χ1) is 9.06. The van der Waals surface area contributed by atoms with Crippen molar-refractivity contribution in [2.75, 3.05) is 40.3 Å². The molecule has 114 valence electrons. The van der Waals surface area contributed by atoms with Crippen LogP contribution < -0.4 is 0 Å². The molecule has 0 atom stereocenters. The fraction of sp³-hybridized carbons (Fsp3) is 0.933. The Morgan fingerprint density at radius 2 is 1.47 bits per heavy atom. The Morgan fingerprint density at radius 1 is 0.895 bits per heavy atom. The van der Waals surface area contributed by atoms with Crippen LogP contribution in [-0.2, 0) is 4.79 Å². The van der Waals surface area contributed by atoms with Gasteiger partial charge in [-0.3, -0.25) is 9.69 Å². The average molecular weight is 272 g/mol. The SMILES string of the molecule is CCCCCCCCCN(CCN(C)C)CC(=O)O. The summed E-state index contributed by atoms with van der Waals surface area (Å²) in [6, 6.07) is 0. The average Bonchev–Trinajstić information content (AvgIpc) is 2.33. The van der Waals surface area contributed by atoms with Crippen molar-refractivity contribution in [3.63, 3.8) is 0 Å². The summed E-state index contributed by atoms with van der Waals surface area (Å²) in [4.78, 5) is 15.0. The quantitative estimate of drug-likeness (QED) is 0.524. The van der Waals surface area contributed by atoms with Crippen LogP contribution in [0.5, 0.6) is 0 Å². The number of carbonyl (C=O) groups is 1. The van der Waals surface area contributed by atoms with Crippen LogP contribution in [0.2, 0.25) is 0 Å². The highest BCUT2D eigenvalue weighted by atomic mass is 16.4. The molecule has 0 fully saturated rings. The van der Waals surface area contributed by atoms with Gasteiger partial charge in [-0.15, -0.1) is 0 Å². The highest BCUT2D eigenvalue weighted by Gasteiger charge is 2.09. The smallest absolute Gasteiger partial charge is 0.317 e. The Balaban J connectivity index is 3.64. The fourth-order valence-electron chi connectivity index (χ4n) is 2.10. The summed E-state index contributed by atoms with van der Waals surface area (Å²) < 4.78 is 0. The number of unbranched alkanes of at least 4 members (excludes halogenated alkanes) is 6. The number of nitrogens with zero attached hydrogens (tertiary/aromatic N) is 2. The Hall–Kier alpha value is -0.610. The van der Waals surface area contributed by atoms with Crippen LogP contribution >= 0.6 is 0 Å². The molecule has 0 bridgehead atoms. The number of hydrogen-bond acceptors (Lipinski definition) is 3. The summed E-state index contributed by atoms with van der Waals surface area (Å²) in [6.07, 6.45) is 8.93. The van der Waals surface area contributed by atoms with Gasteiger partial charge in [-0.05, 0) is 27.1 Å². The van der Waals surface area contributed by atoms with Crippen molar-refractivity contribution in [1.29, 1.82) is 0 Å². The minimum Gasteiger partial charge on any atom is -0.480 e. The highest BCUT2D eigenvalue weighted by molar-refractivity contribution is 5.69. The van der Waals surface area contributed by atoms with Crippen LogP contribution in [0.4, 0.5) is 0 Å². The Labute approximate surface area is 118 Å². The summed E-state index contributed by atoms with van der Waals surface area (Å²) in [5.74, 6) is -0.721. The zero-order chi connectivity index (χ0) is 14.5. The van der Waals surface area contributed by atoms with Gasteiger partial charge in [0, 0.05) is 13.1 Å². The third-order valence-electron chi connectivity index (χ3n) is 3.30. The van der Waals surface area contributed by atoms with E-state index < -0.39 is 5.97 Å². The second-order valence-corrected chi connectivity index (χ2v) is 5.59. The third kappa shape index (κ3) is 13.6. The van der Waals surface area contributed by atoms with E-state index in [4.69, 9.17) is 5.11 Å². The van der Waals surface area contributed by atoms with Crippen molar-refractivity contribution >= 4 is 5.97 Å². The van der Waals surface area contributed by atoms with Gasteiger partial charge in [0.05, 0.1) is 6.54 Å². The van der Waals surface area contributed by atoms with Crippen LogP contribution in [0, 0.1) is 0 Å². The second-order valence-electron chi connectivity index (χ2n) is 5.59. The molecule has 0 heterocycles. The van der Waals surface area contributed by atoms with Crippen LogP contribution in [0.25, 0.3) is 0 Å². The summed E-state index contributed by atoms with van der Waals surface area (Å²) in [5.41, 5.74) is 0. The van der Waals surface area contributed by atoms with E-state index in [1.807, 2.05) is 19.0 Å². The minimum absolute atomic E-state index is 0.170. The van der Waals surface area contributed by atoms with Crippen LogP contribution in [0.15, 0.2) is 0 Å². The van der Waals surface area contributed by atoms with E-state index in [1.165, 1.54) is 38.5 Å². The van der Waals surface area contributed by atoms with Crippen molar-refractivity contribution in [2.24, 2.45) is 0 Å². The lowest BCUT2D eigenvalue weighted by Crippen LogP contribution is -2.36. The molecule has 0 saturated carbocycles. The maximum absolute atomic E-state index is 10.8. The van der Waals surface area contributed by atoms with E-state index in [-0.39, 0.29) is 6.54 Å². The number of aliphatic carboxylic acids is 1. The van der Waals surface area contributed by atoms with E-state index in [9.17, 15) is 4.79 Å². The predicted molar refractivity (Wildman–Crippen MR) is 80.6 cm³/mol. The Morgan fingerprint density at radius 3 is 2.00 bits per heavy atom. The van der Waals surface area contributed by atoms with Crippen LogP contribution in [-0.4, -0.2) is 61.2 Å². The van der Waals surface area contributed by atoms with E-state index in [0.717, 1.165) is 26.1 Å². The number of rotatable bonds is 13. The van der Waals surface area contributed by atoms with Gasteiger partial charge in [0.25, 0.3) is 0 Å². The van der Waals surface area contributed by atoms with Crippen LogP contribution in [0.1, 0.15) is 51.9 Å². The number of carboxylic acid groups (broad SMARTS) is 1. The number of carboxylic acids is 1. The zero-order valence-corrected chi connectivity index (χ0v) is 13.0. The van der Waals surface area contributed by atoms with Gasteiger partial charge < -0.3 is 10.0 Å². The summed E-state index contributed by atoms with van der Waals surface area (Å²) >= 11 is 0. The molecule has 1 N–H and O–H groups in total. The lowest BCUT2D eigenvalue weighted by molar-refractivity contribution is -0.138. The first-order valence-electron chi connectivity index (χ1n) is 7.65. The van der Waals surface area contributed by atoms with Gasteiger partial charge >= 0.3 is 5.97 Å². The largest absolute Gasteiger partial charge is 0.480 e. The molecule has 0 rings (SSSR count). The van der Waals surface area contributed by atoms with Gasteiger partial charge in [-0.25, -0.2) is 0 Å². The molecule has 0 saturated heterocycles. The molecule has 0 unspecified atom stereocenters. The van der Waals surface area contributed by atoms with Gasteiger partial charge in [-0.1, -0.05) is 45.4 Å². The van der Waals surface area contributed by atoms with E-state index in [2.05, 4.69) is 11.8 Å². The molecule has 0 radical (unpaired) electrons. The molecule has 4 nitrogen and oxygen atoms in total. The van der Waals surface area contributed by atoms with E-state index in [1.54, 1.807) is 0 Å². The number of likely N-dealkylation sites (N-methyl/N-ethyl adjacent to an activating group) is 1. The summed E-state index contributed by atoms with van der Waals surface area (Å²) in [5, 5.41) is 8.89. The van der Waals surface area contributed by atoms with Gasteiger partial charge in [0.1, 0.15) is 0 Å². The Bertz CT molecular complexity index is 220. The molecule has 0 aromatic rings. The lowest BCUT2D eigenvalue weighted by Gasteiger charge is -2.22. The van der Waals surface area contributed by atoms with Crippen molar-refractivity contribution in [3.05, 3.63) is 0 Å². The first kappa shape index (κ1) is 18.4. The molecule has 0 aromatic heterocycles. The highest BCUT2D eigenvalue weighted by Crippen LogP contribution is 2.07. The Kier molecular flexibility index (Phi) is 12.0. The summed E-state index contributed by atoms with van der Waals surface area (Å²) in [7, 11) is 4.04. The molecule has 0 aliphatic carbocycles. The molecular formula is C15H32N2O2. The predicted octanol–water partition coefficient (Wildman–Crippen LogP) is 2.69. The van der Waals surface area contributed by atoms with Crippen molar-refractivity contribution in [1.82, 2.24) is 9.80 Å². The van der Waals surface area contributed by atoms with Crippen molar-refractivity contribution < 1.29 is 9.90 Å². The minimum atomic E-state index is -0.721. The van der Waals surface area contributed by atoms with Crippen LogP contribution in [0.3, 0.4) is 0 Å². The second kappa shape index (κ2) is 12.4.